The number of anilines is 1. The van der Waals surface area contributed by atoms with Crippen molar-refractivity contribution in [2.45, 2.75) is 38.6 Å². The highest BCUT2D eigenvalue weighted by molar-refractivity contribution is 6.05. The maximum atomic E-state index is 12.9. The molecule has 0 unspecified atom stereocenters. The Morgan fingerprint density at radius 2 is 1.94 bits per heavy atom. The molecule has 10 heteroatoms. The van der Waals surface area contributed by atoms with Crippen molar-refractivity contribution in [1.82, 2.24) is 14.8 Å². The summed E-state index contributed by atoms with van der Waals surface area (Å²) in [6.07, 6.45) is -2.09. The Balaban J connectivity index is 1.85. The lowest BCUT2D eigenvalue weighted by Gasteiger charge is -2.22. The molecule has 1 N–H and O–H groups in total. The SMILES string of the molecule is COc1cc2nn(CCC(C)(C)OC)cc2cc1NC(=O)c1cccc(C(F)(F)F)n1. The third-order valence-corrected chi connectivity index (χ3v) is 4.89. The van der Waals surface area contributed by atoms with Crippen molar-refractivity contribution in [2.75, 3.05) is 19.5 Å². The largest absolute Gasteiger partial charge is 0.494 e. The zero-order valence-corrected chi connectivity index (χ0v) is 17.6. The predicted molar refractivity (Wildman–Crippen MR) is 109 cm³/mol. The van der Waals surface area contributed by atoms with Gasteiger partial charge in [0.25, 0.3) is 5.91 Å². The molecule has 0 atom stereocenters. The van der Waals surface area contributed by atoms with E-state index in [2.05, 4.69) is 15.4 Å². The van der Waals surface area contributed by atoms with Crippen molar-refractivity contribution in [1.29, 1.82) is 0 Å². The second-order valence-corrected chi connectivity index (χ2v) is 7.58. The van der Waals surface area contributed by atoms with Gasteiger partial charge in [0.15, 0.2) is 0 Å². The summed E-state index contributed by atoms with van der Waals surface area (Å²) < 4.78 is 51.2. The summed E-state index contributed by atoms with van der Waals surface area (Å²) in [5, 5.41) is 7.82. The molecule has 0 radical (unpaired) electrons. The van der Waals surface area contributed by atoms with Crippen LogP contribution in [0, 0.1) is 0 Å². The van der Waals surface area contributed by atoms with E-state index >= 15 is 0 Å². The number of hydrogen-bond acceptors (Lipinski definition) is 5. The molecule has 2 heterocycles. The number of carbonyl (C=O) groups excluding carboxylic acids is 1. The lowest BCUT2D eigenvalue weighted by atomic mass is 10.1. The van der Waals surface area contributed by atoms with E-state index in [9.17, 15) is 18.0 Å². The van der Waals surface area contributed by atoms with E-state index in [-0.39, 0.29) is 11.3 Å². The standard InChI is InChI=1S/C21H23F3N4O3/c1-20(2,31-4)8-9-28-12-13-10-16(17(30-3)11-15(13)27-28)26-19(29)14-6-5-7-18(25-14)21(22,23)24/h5-7,10-12H,8-9H2,1-4H3,(H,26,29). The van der Waals surface area contributed by atoms with Crippen LogP contribution in [0.3, 0.4) is 0 Å². The molecule has 0 aliphatic carbocycles. The Bertz CT molecular complexity index is 1090. The first-order chi connectivity index (χ1) is 14.5. The second-order valence-electron chi connectivity index (χ2n) is 7.58. The van der Waals surface area contributed by atoms with Gasteiger partial charge in [-0.15, -0.1) is 0 Å². The van der Waals surface area contributed by atoms with Crippen LogP contribution < -0.4 is 10.1 Å². The van der Waals surface area contributed by atoms with Crippen LogP contribution in [-0.2, 0) is 17.5 Å². The molecule has 31 heavy (non-hydrogen) atoms. The fraction of sp³-hybridized carbons (Fsp3) is 0.381. The summed E-state index contributed by atoms with van der Waals surface area (Å²) >= 11 is 0. The first kappa shape index (κ1) is 22.5. The Kier molecular flexibility index (Phi) is 6.21. The summed E-state index contributed by atoms with van der Waals surface area (Å²) in [6, 6.07) is 6.47. The average Bonchev–Trinajstić information content (AvgIpc) is 3.13. The van der Waals surface area contributed by atoms with Gasteiger partial charge in [0.1, 0.15) is 17.1 Å². The number of carbonyl (C=O) groups is 1. The molecule has 1 aromatic carbocycles. The summed E-state index contributed by atoms with van der Waals surface area (Å²) in [7, 11) is 3.08. The van der Waals surface area contributed by atoms with Crippen molar-refractivity contribution in [3.8, 4) is 5.75 Å². The van der Waals surface area contributed by atoms with Gasteiger partial charge in [-0.2, -0.15) is 18.3 Å². The highest BCUT2D eigenvalue weighted by Crippen LogP contribution is 2.31. The molecule has 3 aromatic rings. The van der Waals surface area contributed by atoms with Crippen LogP contribution >= 0.6 is 0 Å². The van der Waals surface area contributed by atoms with Gasteiger partial charge < -0.3 is 14.8 Å². The number of methoxy groups -OCH3 is 2. The molecule has 0 saturated heterocycles. The van der Waals surface area contributed by atoms with E-state index in [1.54, 1.807) is 23.9 Å². The Labute approximate surface area is 177 Å². The number of alkyl halides is 3. The monoisotopic (exact) mass is 436 g/mol. The molecule has 0 aliphatic rings. The van der Waals surface area contributed by atoms with Crippen LogP contribution in [0.5, 0.6) is 5.75 Å². The lowest BCUT2D eigenvalue weighted by Crippen LogP contribution is -2.24. The first-order valence-corrected chi connectivity index (χ1v) is 9.48. The Hall–Kier alpha value is -3.14. The highest BCUT2D eigenvalue weighted by Gasteiger charge is 2.33. The van der Waals surface area contributed by atoms with Crippen LogP contribution in [0.25, 0.3) is 10.9 Å². The summed E-state index contributed by atoms with van der Waals surface area (Å²) in [4.78, 5) is 15.9. The molecular weight excluding hydrogens is 413 g/mol. The third-order valence-electron chi connectivity index (χ3n) is 4.89. The molecule has 2 aromatic heterocycles. The number of nitrogens with one attached hydrogen (secondary N) is 1. The number of aromatic nitrogens is 3. The fourth-order valence-corrected chi connectivity index (χ4v) is 2.88. The highest BCUT2D eigenvalue weighted by atomic mass is 19.4. The number of hydrogen-bond donors (Lipinski definition) is 1. The minimum absolute atomic E-state index is 0.299. The number of fused-ring (bicyclic) bond motifs is 1. The minimum Gasteiger partial charge on any atom is -0.494 e. The maximum absolute atomic E-state index is 12.9. The first-order valence-electron chi connectivity index (χ1n) is 9.48. The van der Waals surface area contributed by atoms with Gasteiger partial charge in [0, 0.05) is 31.3 Å². The van der Waals surface area contributed by atoms with E-state index in [1.807, 2.05) is 20.0 Å². The fourth-order valence-electron chi connectivity index (χ4n) is 2.88. The van der Waals surface area contributed by atoms with Crippen LogP contribution in [0.15, 0.2) is 36.5 Å². The summed E-state index contributed by atoms with van der Waals surface area (Å²) in [5.74, 6) is -0.451. The van der Waals surface area contributed by atoms with Gasteiger partial charge in [-0.05, 0) is 38.5 Å². The van der Waals surface area contributed by atoms with Gasteiger partial charge in [-0.3, -0.25) is 9.48 Å². The number of amides is 1. The van der Waals surface area contributed by atoms with Gasteiger partial charge in [0.2, 0.25) is 0 Å². The van der Waals surface area contributed by atoms with E-state index in [0.29, 0.717) is 23.5 Å². The van der Waals surface area contributed by atoms with Crippen molar-refractivity contribution in [2.24, 2.45) is 0 Å². The van der Waals surface area contributed by atoms with Gasteiger partial charge in [0.05, 0.1) is 23.9 Å². The number of rotatable bonds is 7. The van der Waals surface area contributed by atoms with Gasteiger partial charge >= 0.3 is 6.18 Å². The van der Waals surface area contributed by atoms with Crippen LogP contribution in [-0.4, -0.2) is 40.5 Å². The Morgan fingerprint density at radius 3 is 2.58 bits per heavy atom. The Morgan fingerprint density at radius 1 is 1.19 bits per heavy atom. The van der Waals surface area contributed by atoms with E-state index < -0.39 is 17.8 Å². The molecule has 0 spiro atoms. The zero-order chi connectivity index (χ0) is 22.8. The van der Waals surface area contributed by atoms with Crippen LogP contribution in [0.1, 0.15) is 36.5 Å². The number of ether oxygens (including phenoxy) is 2. The summed E-state index contributed by atoms with van der Waals surface area (Å²) in [6.45, 7) is 4.58. The van der Waals surface area contributed by atoms with Crippen molar-refractivity contribution in [3.05, 3.63) is 47.9 Å². The normalized spacial score (nSPS) is 12.2. The van der Waals surface area contributed by atoms with Crippen molar-refractivity contribution in [3.63, 3.8) is 0 Å². The molecule has 3 rings (SSSR count). The number of pyridine rings is 1. The molecule has 1 amide bonds. The van der Waals surface area contributed by atoms with Crippen molar-refractivity contribution >= 4 is 22.5 Å². The van der Waals surface area contributed by atoms with E-state index in [1.165, 1.54) is 13.2 Å². The van der Waals surface area contributed by atoms with E-state index in [0.717, 1.165) is 23.9 Å². The number of benzene rings is 1. The van der Waals surface area contributed by atoms with Gasteiger partial charge in [-0.1, -0.05) is 6.07 Å². The van der Waals surface area contributed by atoms with Gasteiger partial charge in [-0.25, -0.2) is 4.98 Å². The molecule has 0 aliphatic heterocycles. The lowest BCUT2D eigenvalue weighted by molar-refractivity contribution is -0.141. The zero-order valence-electron chi connectivity index (χ0n) is 17.6. The molecule has 7 nitrogen and oxygen atoms in total. The van der Waals surface area contributed by atoms with Crippen molar-refractivity contribution < 1.29 is 27.4 Å². The number of halogens is 3. The smallest absolute Gasteiger partial charge is 0.433 e. The minimum atomic E-state index is -4.64. The predicted octanol–water partition coefficient (Wildman–Crippen LogP) is 4.53. The average molecular weight is 436 g/mol. The molecule has 0 bridgehead atoms. The quantitative estimate of drug-likeness (QED) is 0.589. The van der Waals surface area contributed by atoms with E-state index in [4.69, 9.17) is 9.47 Å². The number of aryl methyl sites for hydroxylation is 1. The topological polar surface area (TPSA) is 78.3 Å². The molecule has 166 valence electrons. The molecular formula is C21H23F3N4O3. The third kappa shape index (κ3) is 5.32. The van der Waals surface area contributed by atoms with Crippen LogP contribution in [0.2, 0.25) is 0 Å². The summed E-state index contributed by atoms with van der Waals surface area (Å²) in [5.41, 5.74) is -0.831. The second kappa shape index (κ2) is 8.54. The number of nitrogens with zero attached hydrogens (tertiary/aromatic N) is 3. The molecule has 0 saturated carbocycles. The maximum Gasteiger partial charge on any atom is 0.433 e. The van der Waals surface area contributed by atoms with Crippen LogP contribution in [0.4, 0.5) is 18.9 Å². The molecule has 0 fully saturated rings.